The number of benzene rings is 2. The van der Waals surface area contributed by atoms with Gasteiger partial charge in [-0.1, -0.05) is 0 Å². The maximum absolute atomic E-state index is 14.5. The molecule has 0 unspecified atom stereocenters. The molecule has 0 amide bonds. The molecule has 0 radical (unpaired) electrons. The van der Waals surface area contributed by atoms with Crippen LogP contribution in [0.2, 0.25) is 13.3 Å². The average Bonchev–Trinajstić information content (AvgIpc) is 2.94. The summed E-state index contributed by atoms with van der Waals surface area (Å²) in [6.07, 6.45) is 9.47. The van der Waals surface area contributed by atoms with E-state index < -0.39 is 18.4 Å². The summed E-state index contributed by atoms with van der Waals surface area (Å²) >= 11 is -2.88. The summed E-state index contributed by atoms with van der Waals surface area (Å²) in [5, 5.41) is 0. The topological polar surface area (TPSA) is 26.3 Å². The SMILES string of the molecule is CCC[CH2][Sn]([CH2]CCC)([CH2]CCC)[C@@H](CCc1ccccc1)OC(=O)c1c(C(C)C)cc(C(C)C)cc1C(C)C. The van der Waals surface area contributed by atoms with E-state index >= 15 is 0 Å². The Morgan fingerprint density at radius 3 is 1.60 bits per heavy atom. The Kier molecular flexibility index (Phi) is 15.4. The number of esters is 1. The first-order valence-corrected chi connectivity index (χ1v) is 24.2. The fraction of sp³-hybridized carbons (Fsp3) is 0.649. The Morgan fingerprint density at radius 1 is 0.725 bits per heavy atom. The molecular formula is C37H60O2Sn. The van der Waals surface area contributed by atoms with Crippen LogP contribution in [-0.2, 0) is 11.2 Å². The number of hydrogen-bond acceptors (Lipinski definition) is 2. The maximum atomic E-state index is 14.5. The van der Waals surface area contributed by atoms with Crippen molar-refractivity contribution in [2.75, 3.05) is 0 Å². The molecule has 2 nitrogen and oxygen atoms in total. The normalized spacial score (nSPS) is 12.9. The fourth-order valence-electron chi connectivity index (χ4n) is 6.26. The van der Waals surface area contributed by atoms with Gasteiger partial charge in [0, 0.05) is 0 Å². The Labute approximate surface area is 252 Å². The number of unbranched alkanes of at least 4 members (excludes halogenated alkanes) is 3. The Balaban J connectivity index is 2.63. The van der Waals surface area contributed by atoms with Crippen LogP contribution in [0, 0.1) is 0 Å². The summed E-state index contributed by atoms with van der Waals surface area (Å²) < 4.78 is 11.1. The quantitative estimate of drug-likeness (QED) is 0.118. The average molecular weight is 656 g/mol. The van der Waals surface area contributed by atoms with Crippen LogP contribution in [0.25, 0.3) is 0 Å². The first-order valence-electron chi connectivity index (χ1n) is 16.5. The number of carbonyl (C=O) groups is 1. The summed E-state index contributed by atoms with van der Waals surface area (Å²) in [4.78, 5) is 14.5. The predicted molar refractivity (Wildman–Crippen MR) is 178 cm³/mol. The van der Waals surface area contributed by atoms with Gasteiger partial charge in [-0.15, -0.1) is 0 Å². The van der Waals surface area contributed by atoms with E-state index in [1.807, 2.05) is 0 Å². The standard InChI is InChI=1S/C25H33O2.3C4H9.Sn/c1-17(2)21-15-22(18(3)4)24(23(16-21)19(5)6)25(26)27-14-10-13-20-11-8-7-9-12-20;3*1-3-4-2;/h7-9,11-12,14-19H,10,13H2,1-6H3;3*1,3-4H2,2H3;. The summed E-state index contributed by atoms with van der Waals surface area (Å²) in [5.74, 6) is 0.927. The van der Waals surface area contributed by atoms with Crippen molar-refractivity contribution in [1.29, 1.82) is 0 Å². The van der Waals surface area contributed by atoms with E-state index in [1.165, 1.54) is 63.0 Å². The molecule has 0 bridgehead atoms. The van der Waals surface area contributed by atoms with E-state index in [-0.39, 0.29) is 21.9 Å². The number of ether oxygens (including phenoxy) is 1. The van der Waals surface area contributed by atoms with Gasteiger partial charge in [-0.25, -0.2) is 0 Å². The fourth-order valence-corrected chi connectivity index (χ4v) is 23.4. The van der Waals surface area contributed by atoms with Gasteiger partial charge in [-0.05, 0) is 0 Å². The van der Waals surface area contributed by atoms with Crippen molar-refractivity contribution in [3.63, 3.8) is 0 Å². The second kappa shape index (κ2) is 17.6. The molecule has 0 aliphatic carbocycles. The van der Waals surface area contributed by atoms with Crippen molar-refractivity contribution >= 4 is 24.3 Å². The van der Waals surface area contributed by atoms with Crippen molar-refractivity contribution in [3.05, 3.63) is 70.3 Å². The third-order valence-electron chi connectivity index (χ3n) is 8.89. The number of carbonyl (C=O) groups excluding carboxylic acids is 1. The molecule has 1 atom stereocenters. The van der Waals surface area contributed by atoms with Gasteiger partial charge in [0.25, 0.3) is 0 Å². The van der Waals surface area contributed by atoms with Crippen LogP contribution in [0.1, 0.15) is 158 Å². The van der Waals surface area contributed by atoms with Crippen molar-refractivity contribution in [1.82, 2.24) is 0 Å². The van der Waals surface area contributed by atoms with Gasteiger partial charge in [-0.3, -0.25) is 0 Å². The molecule has 2 aromatic rings. The molecule has 2 rings (SSSR count). The van der Waals surface area contributed by atoms with Gasteiger partial charge in [0.2, 0.25) is 0 Å². The minimum absolute atomic E-state index is 0.0497. The van der Waals surface area contributed by atoms with Crippen LogP contribution < -0.4 is 0 Å². The van der Waals surface area contributed by atoms with E-state index in [0.29, 0.717) is 5.92 Å². The molecule has 0 N–H and O–H groups in total. The van der Waals surface area contributed by atoms with Gasteiger partial charge in [-0.2, -0.15) is 0 Å². The van der Waals surface area contributed by atoms with Gasteiger partial charge < -0.3 is 0 Å². The van der Waals surface area contributed by atoms with E-state index in [9.17, 15) is 4.79 Å². The third kappa shape index (κ3) is 9.92. The zero-order valence-corrected chi connectivity index (χ0v) is 30.3. The second-order valence-corrected chi connectivity index (χ2v) is 27.0. The summed E-state index contributed by atoms with van der Waals surface area (Å²) in [6, 6.07) is 15.4. The number of hydrogen-bond donors (Lipinski definition) is 0. The van der Waals surface area contributed by atoms with Crippen LogP contribution in [0.4, 0.5) is 0 Å². The van der Waals surface area contributed by atoms with Crippen LogP contribution in [0.5, 0.6) is 0 Å². The van der Waals surface area contributed by atoms with Crippen LogP contribution in [0.3, 0.4) is 0 Å². The zero-order chi connectivity index (χ0) is 29.7. The molecule has 2 aromatic carbocycles. The van der Waals surface area contributed by atoms with E-state index in [4.69, 9.17) is 4.74 Å². The van der Waals surface area contributed by atoms with Crippen LogP contribution in [0.15, 0.2) is 42.5 Å². The molecule has 0 spiro atoms. The third-order valence-corrected chi connectivity index (χ3v) is 25.5. The van der Waals surface area contributed by atoms with Gasteiger partial charge in [0.15, 0.2) is 0 Å². The van der Waals surface area contributed by atoms with Crippen LogP contribution >= 0.6 is 0 Å². The van der Waals surface area contributed by atoms with Gasteiger partial charge in [0.05, 0.1) is 0 Å². The van der Waals surface area contributed by atoms with E-state index in [2.05, 4.69) is 105 Å². The van der Waals surface area contributed by atoms with Crippen molar-refractivity contribution < 1.29 is 9.53 Å². The molecule has 0 fully saturated rings. The molecule has 224 valence electrons. The Morgan fingerprint density at radius 2 is 1.20 bits per heavy atom. The first kappa shape index (κ1) is 34.9. The minimum atomic E-state index is -2.88. The van der Waals surface area contributed by atoms with E-state index in [1.54, 1.807) is 0 Å². The predicted octanol–water partition coefficient (Wildman–Crippen LogP) is 11.6. The number of rotatable bonds is 18. The monoisotopic (exact) mass is 656 g/mol. The number of aryl methyl sites for hydroxylation is 1. The molecule has 0 saturated heterocycles. The molecule has 0 aromatic heterocycles. The Hall–Kier alpha value is -1.29. The summed E-state index contributed by atoms with van der Waals surface area (Å²) in [5.41, 5.74) is 5.88. The van der Waals surface area contributed by atoms with Crippen LogP contribution in [-0.4, -0.2) is 28.5 Å². The molecular weight excluding hydrogens is 595 g/mol. The van der Waals surface area contributed by atoms with Crippen molar-refractivity contribution in [2.45, 2.75) is 149 Å². The molecule has 0 aliphatic heterocycles. The molecule has 3 heteroatoms. The molecule has 0 saturated carbocycles. The first-order chi connectivity index (χ1) is 19.1. The Bertz CT molecular complexity index is 957. The van der Waals surface area contributed by atoms with Gasteiger partial charge in [0.1, 0.15) is 0 Å². The van der Waals surface area contributed by atoms with Crippen molar-refractivity contribution in [3.8, 4) is 0 Å². The summed E-state index contributed by atoms with van der Waals surface area (Å²) in [6.45, 7) is 20.4. The van der Waals surface area contributed by atoms with Crippen molar-refractivity contribution in [2.24, 2.45) is 0 Å². The summed E-state index contributed by atoms with van der Waals surface area (Å²) in [7, 11) is 0. The second-order valence-electron chi connectivity index (χ2n) is 13.1. The molecule has 0 heterocycles. The van der Waals surface area contributed by atoms with Gasteiger partial charge >= 0.3 is 253 Å². The molecule has 0 aliphatic rings. The molecule has 40 heavy (non-hydrogen) atoms. The zero-order valence-electron chi connectivity index (χ0n) is 27.4. The van der Waals surface area contributed by atoms with E-state index in [0.717, 1.165) is 29.5 Å².